The topological polar surface area (TPSA) is 205 Å². The molecular formula is C14H17N5O9S2. The van der Waals surface area contributed by atoms with E-state index >= 15 is 0 Å². The molecule has 0 aliphatic carbocycles. The summed E-state index contributed by atoms with van der Waals surface area (Å²) >= 11 is 0.929. The number of nitrogens with zero attached hydrogens (tertiary/aromatic N) is 3. The maximum absolute atomic E-state index is 12.7. The number of carbonyl (C=O) groups excluding carboxylic acids is 3. The first kappa shape index (κ1) is 23.2. The second-order valence-electron chi connectivity index (χ2n) is 6.45. The summed E-state index contributed by atoms with van der Waals surface area (Å²) in [6.45, 7) is 3.63. The lowest BCUT2D eigenvalue weighted by atomic mass is 10.0. The molecule has 16 heteroatoms. The van der Waals surface area contributed by atoms with Crippen molar-refractivity contribution in [3.8, 4) is 0 Å². The minimum Gasteiger partial charge on any atom is -0.478 e. The summed E-state index contributed by atoms with van der Waals surface area (Å²) in [5, 5.41) is 18.6. The maximum atomic E-state index is 12.7. The highest BCUT2D eigenvalue weighted by molar-refractivity contribution is 7.84. The highest BCUT2D eigenvalue weighted by Crippen LogP contribution is 2.23. The third kappa shape index (κ3) is 4.71. The summed E-state index contributed by atoms with van der Waals surface area (Å²) in [5.74, 6) is -3.48. The van der Waals surface area contributed by atoms with Gasteiger partial charge in [0.25, 0.3) is 11.8 Å². The molecule has 4 N–H and O–H groups in total. The SMILES string of the molecule is C[C@H]1[C@H](NC(=O)/C(=N\OC(C)(C)C(=O)O)c2csc(NC=O)n2)C(=O)N1S(=O)(=O)O. The number of aliphatic carboxylic acids is 1. The Labute approximate surface area is 173 Å². The third-order valence-corrected chi connectivity index (χ3v) is 5.68. The predicted molar refractivity (Wildman–Crippen MR) is 101 cm³/mol. The van der Waals surface area contributed by atoms with Crippen LogP contribution in [0.1, 0.15) is 26.5 Å². The molecule has 3 amide bonds. The van der Waals surface area contributed by atoms with E-state index in [1.54, 1.807) is 0 Å². The Morgan fingerprint density at radius 2 is 2.07 bits per heavy atom. The molecule has 0 radical (unpaired) electrons. The minimum atomic E-state index is -4.79. The fraction of sp³-hybridized carbons (Fsp3) is 0.429. The molecule has 30 heavy (non-hydrogen) atoms. The maximum Gasteiger partial charge on any atom is 0.362 e. The van der Waals surface area contributed by atoms with Crippen LogP contribution in [0.4, 0.5) is 5.13 Å². The van der Waals surface area contributed by atoms with Crippen LogP contribution in [0.3, 0.4) is 0 Å². The first-order valence-corrected chi connectivity index (χ1v) is 10.3. The number of nitrogens with one attached hydrogen (secondary N) is 2. The summed E-state index contributed by atoms with van der Waals surface area (Å²) < 4.78 is 31.5. The molecule has 0 aromatic carbocycles. The lowest BCUT2D eigenvalue weighted by Gasteiger charge is -2.42. The second-order valence-corrected chi connectivity index (χ2v) is 8.60. The van der Waals surface area contributed by atoms with Crippen LogP contribution in [-0.4, -0.2) is 75.0 Å². The van der Waals surface area contributed by atoms with E-state index in [1.807, 2.05) is 0 Å². The number of rotatable bonds is 9. The van der Waals surface area contributed by atoms with Crippen LogP contribution in [0, 0.1) is 0 Å². The summed E-state index contributed by atoms with van der Waals surface area (Å²) in [6, 6.07) is -2.39. The van der Waals surface area contributed by atoms with Gasteiger partial charge in [-0.15, -0.1) is 11.3 Å². The van der Waals surface area contributed by atoms with Gasteiger partial charge in [-0.05, 0) is 20.8 Å². The van der Waals surface area contributed by atoms with Gasteiger partial charge >= 0.3 is 16.3 Å². The number of carbonyl (C=O) groups is 4. The van der Waals surface area contributed by atoms with Crippen LogP contribution < -0.4 is 10.6 Å². The number of hydrogen-bond acceptors (Lipinski definition) is 10. The Hall–Kier alpha value is -3.11. The first-order chi connectivity index (χ1) is 13.8. The molecule has 0 spiro atoms. The number of aromatic nitrogens is 1. The molecule has 1 aromatic heterocycles. The van der Waals surface area contributed by atoms with Gasteiger partial charge in [0.2, 0.25) is 12.0 Å². The van der Waals surface area contributed by atoms with Crippen molar-refractivity contribution in [2.24, 2.45) is 5.16 Å². The van der Waals surface area contributed by atoms with Gasteiger partial charge in [0.15, 0.2) is 10.8 Å². The molecule has 164 valence electrons. The highest BCUT2D eigenvalue weighted by atomic mass is 32.2. The largest absolute Gasteiger partial charge is 0.478 e. The quantitative estimate of drug-likeness (QED) is 0.113. The van der Waals surface area contributed by atoms with Crippen LogP contribution in [-0.2, 0) is 34.3 Å². The number of amides is 3. The van der Waals surface area contributed by atoms with Gasteiger partial charge in [0.05, 0.1) is 6.04 Å². The molecule has 1 fully saturated rings. The van der Waals surface area contributed by atoms with Crippen molar-refractivity contribution in [2.45, 2.75) is 38.5 Å². The number of β-lactam (4-membered cyclic amide) rings is 1. The fourth-order valence-electron chi connectivity index (χ4n) is 2.22. The number of anilines is 1. The van der Waals surface area contributed by atoms with E-state index in [-0.39, 0.29) is 15.1 Å². The molecule has 0 saturated carbocycles. The molecule has 1 aromatic rings. The van der Waals surface area contributed by atoms with Crippen LogP contribution in [0.2, 0.25) is 0 Å². The molecule has 1 saturated heterocycles. The Morgan fingerprint density at radius 1 is 1.43 bits per heavy atom. The summed E-state index contributed by atoms with van der Waals surface area (Å²) in [6.07, 6.45) is 0.349. The Bertz CT molecular complexity index is 1020. The molecule has 1 aliphatic rings. The van der Waals surface area contributed by atoms with E-state index in [4.69, 9.17) is 14.5 Å². The van der Waals surface area contributed by atoms with Gasteiger partial charge in [-0.3, -0.25) is 18.9 Å². The molecule has 2 heterocycles. The van der Waals surface area contributed by atoms with Crippen molar-refractivity contribution in [1.29, 1.82) is 0 Å². The Morgan fingerprint density at radius 3 is 2.57 bits per heavy atom. The molecule has 2 rings (SSSR count). The zero-order valence-electron chi connectivity index (χ0n) is 15.7. The minimum absolute atomic E-state index is 0.101. The molecule has 0 bridgehead atoms. The Balaban J connectivity index is 2.30. The second kappa shape index (κ2) is 8.33. The van der Waals surface area contributed by atoms with E-state index in [0.29, 0.717) is 6.41 Å². The summed E-state index contributed by atoms with van der Waals surface area (Å²) in [7, 11) is -4.79. The number of hydrogen-bond donors (Lipinski definition) is 4. The van der Waals surface area contributed by atoms with Gasteiger partial charge < -0.3 is 20.6 Å². The third-order valence-electron chi connectivity index (χ3n) is 3.90. The monoisotopic (exact) mass is 463 g/mol. The summed E-state index contributed by atoms with van der Waals surface area (Å²) in [4.78, 5) is 55.2. The van der Waals surface area contributed by atoms with Crippen molar-refractivity contribution in [3.63, 3.8) is 0 Å². The van der Waals surface area contributed by atoms with E-state index in [2.05, 4.69) is 20.8 Å². The molecular weight excluding hydrogens is 446 g/mol. The van der Waals surface area contributed by atoms with Gasteiger partial charge in [0, 0.05) is 5.38 Å². The van der Waals surface area contributed by atoms with E-state index in [1.165, 1.54) is 26.2 Å². The number of carboxylic acids is 1. The number of carboxylic acid groups (broad SMARTS) is 1. The smallest absolute Gasteiger partial charge is 0.362 e. The van der Waals surface area contributed by atoms with Gasteiger partial charge in [-0.1, -0.05) is 5.16 Å². The van der Waals surface area contributed by atoms with Gasteiger partial charge in [-0.25, -0.2) is 14.1 Å². The number of thiazole rings is 1. The van der Waals surface area contributed by atoms with Crippen LogP contribution in [0.5, 0.6) is 0 Å². The van der Waals surface area contributed by atoms with E-state index in [0.717, 1.165) is 11.3 Å². The van der Waals surface area contributed by atoms with Crippen molar-refractivity contribution >= 4 is 56.7 Å². The standard InChI is InChI=1S/C14H17N5O9S2/c1-6-8(11(22)19(6)30(25,26)27)17-10(21)9(18-28-14(2,3)12(23)24)7-4-29-13(16-7)15-5-20/h4-6,8H,1-3H3,(H,17,21)(H,23,24)(H,15,16,20)(H,25,26,27)/b18-9-/t6-,8-/m0/s1. The lowest BCUT2D eigenvalue weighted by Crippen LogP contribution is -2.71. The average molecular weight is 463 g/mol. The zero-order chi connectivity index (χ0) is 22.9. The van der Waals surface area contributed by atoms with Crippen molar-refractivity contribution in [3.05, 3.63) is 11.1 Å². The highest BCUT2D eigenvalue weighted by Gasteiger charge is 2.51. The van der Waals surface area contributed by atoms with E-state index < -0.39 is 51.5 Å². The van der Waals surface area contributed by atoms with Crippen LogP contribution >= 0.6 is 11.3 Å². The van der Waals surface area contributed by atoms with Gasteiger partial charge in [0.1, 0.15) is 11.7 Å². The van der Waals surface area contributed by atoms with Crippen LogP contribution in [0.25, 0.3) is 0 Å². The van der Waals surface area contributed by atoms with Crippen molar-refractivity contribution in [1.82, 2.24) is 14.6 Å². The molecule has 14 nitrogen and oxygen atoms in total. The fourth-order valence-corrected chi connectivity index (χ4v) is 3.75. The van der Waals surface area contributed by atoms with Gasteiger partial charge in [-0.2, -0.15) is 8.42 Å². The zero-order valence-corrected chi connectivity index (χ0v) is 17.4. The number of oxime groups is 1. The van der Waals surface area contributed by atoms with Crippen molar-refractivity contribution < 1.29 is 42.1 Å². The normalized spacial score (nSPS) is 19.7. The lowest BCUT2D eigenvalue weighted by molar-refractivity contribution is -0.161. The van der Waals surface area contributed by atoms with Crippen molar-refractivity contribution in [2.75, 3.05) is 5.32 Å². The summed E-state index contributed by atoms with van der Waals surface area (Å²) in [5.41, 5.74) is -2.44. The molecule has 2 atom stereocenters. The van der Waals surface area contributed by atoms with Crippen LogP contribution in [0.15, 0.2) is 10.5 Å². The average Bonchev–Trinajstić information content (AvgIpc) is 3.07. The van der Waals surface area contributed by atoms with E-state index in [9.17, 15) is 27.6 Å². The molecule has 1 aliphatic heterocycles. The first-order valence-electron chi connectivity index (χ1n) is 8.06. The molecule has 0 unspecified atom stereocenters. The Kier molecular flexibility index (Phi) is 6.43. The predicted octanol–water partition coefficient (Wildman–Crippen LogP) is -1.19.